The van der Waals surface area contributed by atoms with Gasteiger partial charge in [0, 0.05) is 22.6 Å². The summed E-state index contributed by atoms with van der Waals surface area (Å²) in [4.78, 5) is 36.8. The molecule has 0 atom stereocenters. The molecule has 7 heteroatoms. The summed E-state index contributed by atoms with van der Waals surface area (Å²) in [7, 11) is 0. The molecule has 0 bridgehead atoms. The van der Waals surface area contributed by atoms with Crippen LogP contribution in [0.5, 0.6) is 0 Å². The van der Waals surface area contributed by atoms with Gasteiger partial charge >= 0.3 is 5.97 Å². The van der Waals surface area contributed by atoms with Gasteiger partial charge in [0.25, 0.3) is 11.8 Å². The predicted molar refractivity (Wildman–Crippen MR) is 116 cm³/mol. The minimum atomic E-state index is -0.430. The Labute approximate surface area is 179 Å². The molecule has 0 unspecified atom stereocenters. The van der Waals surface area contributed by atoms with Crippen LogP contribution in [0.1, 0.15) is 54.9 Å². The maximum Gasteiger partial charge on any atom is 0.338 e. The molecule has 3 aromatic rings. The van der Waals surface area contributed by atoms with Gasteiger partial charge in [-0.3, -0.25) is 9.59 Å². The first-order chi connectivity index (χ1) is 14.9. The normalized spacial score (nSPS) is 13.2. The first-order valence-electron chi connectivity index (χ1n) is 9.90. The largest absolute Gasteiger partial charge is 0.462 e. The van der Waals surface area contributed by atoms with E-state index in [0.29, 0.717) is 23.3 Å². The van der Waals surface area contributed by atoms with Gasteiger partial charge in [0.1, 0.15) is 0 Å². The summed E-state index contributed by atoms with van der Waals surface area (Å²) >= 11 is 0. The number of esters is 1. The first-order valence-corrected chi connectivity index (χ1v) is 9.90. The topological polar surface area (TPSA) is 81.0 Å². The average Bonchev–Trinajstić information content (AvgIpc) is 3.19. The summed E-state index contributed by atoms with van der Waals surface area (Å²) in [5.41, 5.74) is 4.70. The molecule has 0 fully saturated rings. The summed E-state index contributed by atoms with van der Waals surface area (Å²) in [6.45, 7) is 5.97. The standard InChI is InChI=1S/C24H21N3O4/c1-4-31-24(30)17-9-11-19(12-10-17)26-15(2)13-18(16(26)3)14-25-27-22(28)20-7-5-6-8-21(20)23(27)29/h5-14H,4H2,1-3H3/b25-14-. The lowest BCUT2D eigenvalue weighted by Gasteiger charge is -2.10. The Morgan fingerprint density at radius 2 is 1.61 bits per heavy atom. The number of fused-ring (bicyclic) bond motifs is 1. The Hall–Kier alpha value is -4.00. The van der Waals surface area contributed by atoms with Crippen molar-refractivity contribution in [1.82, 2.24) is 9.58 Å². The number of imide groups is 1. The zero-order valence-corrected chi connectivity index (χ0v) is 17.5. The van der Waals surface area contributed by atoms with Crippen LogP contribution in [0.4, 0.5) is 0 Å². The first kappa shape index (κ1) is 20.3. The van der Waals surface area contributed by atoms with Crippen LogP contribution in [0.2, 0.25) is 0 Å². The number of carbonyl (C=O) groups is 3. The second-order valence-electron chi connectivity index (χ2n) is 7.14. The van der Waals surface area contributed by atoms with Gasteiger partial charge in [-0.25, -0.2) is 4.79 Å². The molecular formula is C24H21N3O4. The van der Waals surface area contributed by atoms with Crippen molar-refractivity contribution in [2.24, 2.45) is 5.10 Å². The highest BCUT2D eigenvalue weighted by molar-refractivity contribution is 6.21. The van der Waals surface area contributed by atoms with E-state index in [4.69, 9.17) is 4.74 Å². The molecule has 156 valence electrons. The Kier molecular flexibility index (Phi) is 5.25. The van der Waals surface area contributed by atoms with Crippen molar-refractivity contribution in [3.05, 3.63) is 88.2 Å². The minimum Gasteiger partial charge on any atom is -0.462 e. The van der Waals surface area contributed by atoms with Gasteiger partial charge in [-0.2, -0.15) is 10.1 Å². The molecule has 0 N–H and O–H groups in total. The molecule has 0 spiro atoms. The molecular weight excluding hydrogens is 394 g/mol. The number of amides is 2. The van der Waals surface area contributed by atoms with Crippen LogP contribution >= 0.6 is 0 Å². The van der Waals surface area contributed by atoms with Crippen molar-refractivity contribution in [2.45, 2.75) is 20.8 Å². The van der Waals surface area contributed by atoms with Gasteiger partial charge in [-0.05, 0) is 63.2 Å². The fraction of sp³-hybridized carbons (Fsp3) is 0.167. The van der Waals surface area contributed by atoms with Crippen LogP contribution in [0.25, 0.3) is 5.69 Å². The molecule has 2 aromatic carbocycles. The van der Waals surface area contributed by atoms with Gasteiger partial charge in [0.05, 0.1) is 29.5 Å². The third-order valence-electron chi connectivity index (χ3n) is 5.19. The zero-order valence-electron chi connectivity index (χ0n) is 17.5. The number of rotatable bonds is 5. The molecule has 0 saturated carbocycles. The molecule has 4 rings (SSSR count). The molecule has 1 aromatic heterocycles. The lowest BCUT2D eigenvalue weighted by molar-refractivity contribution is 0.0525. The van der Waals surface area contributed by atoms with E-state index in [1.54, 1.807) is 43.3 Å². The SMILES string of the molecule is CCOC(=O)c1ccc(-n2c(C)cc(/C=N\N3C(=O)c4ccccc4C3=O)c2C)cc1. The quantitative estimate of drug-likeness (QED) is 0.360. The lowest BCUT2D eigenvalue weighted by atomic mass is 10.1. The van der Waals surface area contributed by atoms with Gasteiger partial charge in [0.2, 0.25) is 0 Å². The molecule has 0 saturated heterocycles. The van der Waals surface area contributed by atoms with Gasteiger partial charge in [-0.15, -0.1) is 0 Å². The fourth-order valence-corrected chi connectivity index (χ4v) is 3.68. The fourth-order valence-electron chi connectivity index (χ4n) is 3.68. The number of nitrogens with zero attached hydrogens (tertiary/aromatic N) is 3. The van der Waals surface area contributed by atoms with E-state index in [-0.39, 0.29) is 5.97 Å². The van der Waals surface area contributed by atoms with E-state index >= 15 is 0 Å². The Bertz CT molecular complexity index is 1190. The number of aromatic nitrogens is 1. The molecule has 2 heterocycles. The summed E-state index contributed by atoms with van der Waals surface area (Å²) in [6.07, 6.45) is 1.52. The zero-order chi connectivity index (χ0) is 22.1. The summed E-state index contributed by atoms with van der Waals surface area (Å²) in [6, 6.07) is 15.7. The van der Waals surface area contributed by atoms with Crippen LogP contribution in [-0.4, -0.2) is 40.2 Å². The molecule has 7 nitrogen and oxygen atoms in total. The summed E-state index contributed by atoms with van der Waals surface area (Å²) in [5.74, 6) is -1.22. The van der Waals surface area contributed by atoms with Crippen LogP contribution in [0.3, 0.4) is 0 Å². The maximum absolute atomic E-state index is 12.5. The van der Waals surface area contributed by atoms with Crippen LogP contribution in [0, 0.1) is 13.8 Å². The number of carbonyl (C=O) groups excluding carboxylic acids is 3. The third-order valence-corrected chi connectivity index (χ3v) is 5.19. The van der Waals surface area contributed by atoms with Crippen molar-refractivity contribution < 1.29 is 19.1 Å². The molecule has 0 radical (unpaired) electrons. The van der Waals surface area contributed by atoms with Crippen molar-refractivity contribution in [1.29, 1.82) is 0 Å². The van der Waals surface area contributed by atoms with Crippen LogP contribution in [0.15, 0.2) is 59.7 Å². The van der Waals surface area contributed by atoms with E-state index < -0.39 is 11.8 Å². The second kappa shape index (κ2) is 8.02. The number of hydrazone groups is 1. The average molecular weight is 415 g/mol. The monoisotopic (exact) mass is 415 g/mol. The van der Waals surface area contributed by atoms with Crippen molar-refractivity contribution in [2.75, 3.05) is 6.61 Å². The van der Waals surface area contributed by atoms with E-state index in [1.165, 1.54) is 6.21 Å². The Balaban J connectivity index is 1.60. The summed E-state index contributed by atoms with van der Waals surface area (Å²) in [5, 5.41) is 5.07. The van der Waals surface area contributed by atoms with Crippen molar-refractivity contribution >= 4 is 24.0 Å². The number of benzene rings is 2. The van der Waals surface area contributed by atoms with E-state index in [1.807, 2.05) is 36.6 Å². The highest BCUT2D eigenvalue weighted by Crippen LogP contribution is 2.24. The van der Waals surface area contributed by atoms with Crippen molar-refractivity contribution in [3.8, 4) is 5.69 Å². The Morgan fingerprint density at radius 1 is 1.00 bits per heavy atom. The van der Waals surface area contributed by atoms with E-state index in [9.17, 15) is 14.4 Å². The number of hydrogen-bond donors (Lipinski definition) is 0. The molecule has 2 amide bonds. The Morgan fingerprint density at radius 3 is 2.19 bits per heavy atom. The smallest absolute Gasteiger partial charge is 0.338 e. The van der Waals surface area contributed by atoms with E-state index in [2.05, 4.69) is 5.10 Å². The van der Waals surface area contributed by atoms with Gasteiger partial charge in [0.15, 0.2) is 0 Å². The van der Waals surface area contributed by atoms with Gasteiger partial charge < -0.3 is 9.30 Å². The van der Waals surface area contributed by atoms with Crippen LogP contribution in [-0.2, 0) is 4.74 Å². The third kappa shape index (κ3) is 3.54. The van der Waals surface area contributed by atoms with Crippen molar-refractivity contribution in [3.63, 3.8) is 0 Å². The molecule has 31 heavy (non-hydrogen) atoms. The predicted octanol–water partition coefficient (Wildman–Crippen LogP) is 3.90. The van der Waals surface area contributed by atoms with E-state index in [0.717, 1.165) is 27.6 Å². The maximum atomic E-state index is 12.5. The van der Waals surface area contributed by atoms with Crippen LogP contribution < -0.4 is 0 Å². The minimum absolute atomic E-state index is 0.326. The molecule has 1 aliphatic rings. The highest BCUT2D eigenvalue weighted by atomic mass is 16.5. The molecule has 1 aliphatic heterocycles. The second-order valence-corrected chi connectivity index (χ2v) is 7.14. The highest BCUT2D eigenvalue weighted by Gasteiger charge is 2.35. The van der Waals surface area contributed by atoms with Gasteiger partial charge in [-0.1, -0.05) is 12.1 Å². The number of hydrogen-bond acceptors (Lipinski definition) is 5. The summed E-state index contributed by atoms with van der Waals surface area (Å²) < 4.78 is 7.04. The number of ether oxygens (including phenoxy) is 1. The lowest BCUT2D eigenvalue weighted by Crippen LogP contribution is -2.24. The molecule has 0 aliphatic carbocycles. The number of aryl methyl sites for hydroxylation is 1.